The van der Waals surface area contributed by atoms with Gasteiger partial charge in [0.2, 0.25) is 5.91 Å². The van der Waals surface area contributed by atoms with Gasteiger partial charge in [-0.1, -0.05) is 43.3 Å². The molecule has 8 nitrogen and oxygen atoms in total. The van der Waals surface area contributed by atoms with Crippen LogP contribution in [0.15, 0.2) is 42.5 Å². The van der Waals surface area contributed by atoms with E-state index in [-0.39, 0.29) is 24.3 Å². The average molecular weight is 482 g/mol. The van der Waals surface area contributed by atoms with E-state index in [1.54, 1.807) is 39.0 Å². The Morgan fingerprint density at radius 2 is 1.69 bits per heavy atom. The third-order valence-electron chi connectivity index (χ3n) is 5.98. The summed E-state index contributed by atoms with van der Waals surface area (Å²) in [6.45, 7) is 10.7. The summed E-state index contributed by atoms with van der Waals surface area (Å²) < 4.78 is 5.24. The molecule has 3 rings (SSSR count). The van der Waals surface area contributed by atoms with Crippen molar-refractivity contribution in [2.45, 2.75) is 65.6 Å². The van der Waals surface area contributed by atoms with Gasteiger partial charge in [0.05, 0.1) is 0 Å². The summed E-state index contributed by atoms with van der Waals surface area (Å²) in [6.07, 6.45) is 0.00705. The summed E-state index contributed by atoms with van der Waals surface area (Å²) in [5.41, 5.74) is 2.06. The van der Waals surface area contributed by atoms with E-state index in [4.69, 9.17) is 4.74 Å². The van der Waals surface area contributed by atoms with Crippen molar-refractivity contribution >= 4 is 23.6 Å². The van der Waals surface area contributed by atoms with E-state index < -0.39 is 29.6 Å². The van der Waals surface area contributed by atoms with Gasteiger partial charge in [0, 0.05) is 17.3 Å². The van der Waals surface area contributed by atoms with Crippen LogP contribution in [-0.2, 0) is 14.3 Å². The highest BCUT2D eigenvalue weighted by Crippen LogP contribution is 2.42. The topological polar surface area (TPSA) is 108 Å². The molecule has 2 aromatic carbocycles. The molecule has 3 N–H and O–H groups in total. The van der Waals surface area contributed by atoms with Crippen LogP contribution >= 0.6 is 0 Å². The first-order valence-corrected chi connectivity index (χ1v) is 11.8. The second-order valence-electron chi connectivity index (χ2n) is 10.2. The number of aryl methyl sites for hydroxylation is 2. The molecule has 1 aliphatic carbocycles. The van der Waals surface area contributed by atoms with Gasteiger partial charge in [-0.15, -0.1) is 0 Å². The Labute approximate surface area is 206 Å². The van der Waals surface area contributed by atoms with Crippen LogP contribution < -0.4 is 10.6 Å². The van der Waals surface area contributed by atoms with E-state index >= 15 is 0 Å². The van der Waals surface area contributed by atoms with Crippen LogP contribution in [0.3, 0.4) is 0 Å². The minimum absolute atomic E-state index is 0.0830. The molecule has 3 amide bonds. The molecular weight excluding hydrogens is 446 g/mol. The molecule has 35 heavy (non-hydrogen) atoms. The molecule has 0 heterocycles. The fraction of sp³-hybridized carbons (Fsp3) is 0.444. The highest BCUT2D eigenvalue weighted by atomic mass is 16.6. The van der Waals surface area contributed by atoms with Crippen LogP contribution in [0.25, 0.3) is 0 Å². The second-order valence-corrected chi connectivity index (χ2v) is 10.2. The molecule has 0 saturated heterocycles. The molecule has 3 unspecified atom stereocenters. The summed E-state index contributed by atoms with van der Waals surface area (Å²) in [4.78, 5) is 40.8. The third-order valence-corrected chi connectivity index (χ3v) is 5.98. The normalized spacial score (nSPS) is 17.8. The first kappa shape index (κ1) is 26.1. The maximum atomic E-state index is 13.8. The minimum atomic E-state index is -1.09. The van der Waals surface area contributed by atoms with Crippen LogP contribution in [0, 0.1) is 19.8 Å². The van der Waals surface area contributed by atoms with E-state index in [1.165, 1.54) is 11.0 Å². The number of benzene rings is 2. The smallest absolute Gasteiger partial charge is 0.408 e. The molecule has 1 fully saturated rings. The zero-order valence-corrected chi connectivity index (χ0v) is 21.2. The molecule has 1 saturated carbocycles. The third kappa shape index (κ3) is 6.53. The number of alkyl carbamates (subject to hydrolysis) is 1. The van der Waals surface area contributed by atoms with E-state index in [1.807, 2.05) is 39.0 Å². The number of ether oxygens (including phenoxy) is 1. The lowest BCUT2D eigenvalue weighted by Crippen LogP contribution is -2.48. The van der Waals surface area contributed by atoms with Crippen molar-refractivity contribution < 1.29 is 24.2 Å². The summed E-state index contributed by atoms with van der Waals surface area (Å²) in [6, 6.07) is 10.9. The SMILES string of the molecule is Cc1cccc(C)c1NC(=O)C(c1ccccc1O)N(C(=O)CNC(=O)OC(C)(C)C)C1CC1C. The predicted molar refractivity (Wildman–Crippen MR) is 134 cm³/mol. The molecule has 2 aromatic rings. The van der Waals surface area contributed by atoms with Gasteiger partial charge in [0.25, 0.3) is 5.91 Å². The Bertz CT molecular complexity index is 1090. The highest BCUT2D eigenvalue weighted by Gasteiger charge is 2.47. The van der Waals surface area contributed by atoms with Crippen LogP contribution in [-0.4, -0.2) is 46.1 Å². The van der Waals surface area contributed by atoms with Crippen molar-refractivity contribution in [2.24, 2.45) is 5.92 Å². The molecule has 1 aliphatic rings. The first-order chi connectivity index (χ1) is 16.4. The van der Waals surface area contributed by atoms with Gasteiger partial charge in [-0.2, -0.15) is 0 Å². The average Bonchev–Trinajstić information content (AvgIpc) is 3.48. The molecule has 188 valence electrons. The Kier molecular flexibility index (Phi) is 7.73. The van der Waals surface area contributed by atoms with Gasteiger partial charge >= 0.3 is 6.09 Å². The number of aromatic hydroxyl groups is 1. The van der Waals surface area contributed by atoms with Crippen LogP contribution in [0.1, 0.15) is 56.8 Å². The van der Waals surface area contributed by atoms with Crippen LogP contribution in [0.4, 0.5) is 10.5 Å². The van der Waals surface area contributed by atoms with Crippen molar-refractivity contribution in [1.82, 2.24) is 10.2 Å². The van der Waals surface area contributed by atoms with E-state index in [0.717, 1.165) is 17.5 Å². The summed E-state index contributed by atoms with van der Waals surface area (Å²) in [5.74, 6) is -0.772. The number of anilines is 1. The number of phenols is 1. The quantitative estimate of drug-likeness (QED) is 0.542. The van der Waals surface area contributed by atoms with Gasteiger partial charge < -0.3 is 25.4 Å². The molecule has 0 aliphatic heterocycles. The number of rotatable bonds is 7. The van der Waals surface area contributed by atoms with Gasteiger partial charge in [0.1, 0.15) is 23.9 Å². The van der Waals surface area contributed by atoms with Crippen LogP contribution in [0.2, 0.25) is 0 Å². The van der Waals surface area contributed by atoms with Crippen LogP contribution in [0.5, 0.6) is 5.75 Å². The van der Waals surface area contributed by atoms with Crippen molar-refractivity contribution in [3.8, 4) is 5.75 Å². The number of hydrogen-bond donors (Lipinski definition) is 3. The van der Waals surface area contributed by atoms with E-state index in [0.29, 0.717) is 11.3 Å². The van der Waals surface area contributed by atoms with E-state index in [2.05, 4.69) is 10.6 Å². The Morgan fingerprint density at radius 1 is 1.09 bits per heavy atom. The predicted octanol–water partition coefficient (Wildman–Crippen LogP) is 4.45. The Morgan fingerprint density at radius 3 is 2.23 bits per heavy atom. The number of nitrogens with one attached hydrogen (secondary N) is 2. The zero-order valence-electron chi connectivity index (χ0n) is 21.2. The van der Waals surface area contributed by atoms with Crippen molar-refractivity contribution in [3.05, 3.63) is 59.2 Å². The lowest BCUT2D eigenvalue weighted by molar-refractivity contribution is -0.139. The van der Waals surface area contributed by atoms with Crippen molar-refractivity contribution in [2.75, 3.05) is 11.9 Å². The second kappa shape index (κ2) is 10.4. The summed E-state index contributed by atoms with van der Waals surface area (Å²) >= 11 is 0. The lowest BCUT2D eigenvalue weighted by Gasteiger charge is -2.33. The van der Waals surface area contributed by atoms with Gasteiger partial charge in [-0.3, -0.25) is 9.59 Å². The minimum Gasteiger partial charge on any atom is -0.508 e. The maximum absolute atomic E-state index is 13.8. The summed E-state index contributed by atoms with van der Waals surface area (Å²) in [5, 5.41) is 16.1. The Hall–Kier alpha value is -3.55. The van der Waals surface area contributed by atoms with Crippen molar-refractivity contribution in [3.63, 3.8) is 0 Å². The van der Waals surface area contributed by atoms with Gasteiger partial charge in [0.15, 0.2) is 0 Å². The van der Waals surface area contributed by atoms with Gasteiger partial charge in [-0.25, -0.2) is 4.79 Å². The molecule has 8 heteroatoms. The molecular formula is C27H35N3O5. The number of nitrogens with zero attached hydrogens (tertiary/aromatic N) is 1. The number of para-hydroxylation sites is 2. The number of carbonyl (C=O) groups excluding carboxylic acids is 3. The Balaban J connectivity index is 1.94. The number of hydrogen-bond acceptors (Lipinski definition) is 5. The highest BCUT2D eigenvalue weighted by molar-refractivity contribution is 6.00. The molecule has 0 spiro atoms. The summed E-state index contributed by atoms with van der Waals surface area (Å²) in [7, 11) is 0. The number of amides is 3. The molecule has 3 atom stereocenters. The van der Waals surface area contributed by atoms with Gasteiger partial charge in [-0.05, 0) is 64.2 Å². The standard InChI is InChI=1S/C27H35N3O5/c1-16-10-9-11-17(2)23(16)29-25(33)24(19-12-7-8-13-21(19)31)30(20-14-18(20)3)22(32)15-28-26(34)35-27(4,5)6/h7-13,18,20,24,31H,14-15H2,1-6H3,(H,28,34)(H,29,33). The fourth-order valence-corrected chi connectivity index (χ4v) is 4.10. The van der Waals surface area contributed by atoms with Crippen molar-refractivity contribution in [1.29, 1.82) is 0 Å². The largest absolute Gasteiger partial charge is 0.508 e. The van der Waals surface area contributed by atoms with E-state index in [9.17, 15) is 19.5 Å². The lowest BCUT2D eigenvalue weighted by atomic mass is 10.0. The molecule has 0 aromatic heterocycles. The molecule has 0 bridgehead atoms. The monoisotopic (exact) mass is 481 g/mol. The first-order valence-electron chi connectivity index (χ1n) is 11.8. The zero-order chi connectivity index (χ0) is 25.9. The molecule has 0 radical (unpaired) electrons. The fourth-order valence-electron chi connectivity index (χ4n) is 4.10. The number of phenolic OH excluding ortho intramolecular Hbond substituents is 1. The number of carbonyl (C=O) groups is 3. The maximum Gasteiger partial charge on any atom is 0.408 e.